The summed E-state index contributed by atoms with van der Waals surface area (Å²) in [5, 5.41) is 8.41. The standard InChI is InChI=1S/C15H26N4O2/c1-4-19(5-2)10-6-7-13(3)21-15-9-8-14(11-16-15)17-12-18-20/h8-9,11-13,20H,4-7,10H2,1-3H3,(H,17,18). The van der Waals surface area contributed by atoms with Crippen LogP contribution in [0.1, 0.15) is 33.6 Å². The lowest BCUT2D eigenvalue weighted by Gasteiger charge is -2.19. The minimum Gasteiger partial charge on any atom is -0.475 e. The fraction of sp³-hybridized carbons (Fsp3) is 0.600. The fourth-order valence-electron chi connectivity index (χ4n) is 2.03. The highest BCUT2D eigenvalue weighted by atomic mass is 16.5. The maximum Gasteiger partial charge on any atom is 0.213 e. The van der Waals surface area contributed by atoms with Gasteiger partial charge in [-0.3, -0.25) is 10.7 Å². The highest BCUT2D eigenvalue weighted by Gasteiger charge is 2.06. The number of hydroxylamine groups is 1. The summed E-state index contributed by atoms with van der Waals surface area (Å²) in [6.07, 6.45) is 5.06. The molecule has 1 unspecified atom stereocenters. The molecular formula is C15H26N4O2. The molecule has 2 N–H and O–H groups in total. The molecule has 0 spiro atoms. The Kier molecular flexibility index (Phi) is 8.38. The van der Waals surface area contributed by atoms with Crippen LogP contribution in [0, 0.1) is 0 Å². The normalized spacial score (nSPS) is 12.8. The number of ether oxygens (including phenoxy) is 1. The Morgan fingerprint density at radius 3 is 2.76 bits per heavy atom. The van der Waals surface area contributed by atoms with Gasteiger partial charge in [0, 0.05) is 6.07 Å². The van der Waals surface area contributed by atoms with Gasteiger partial charge in [0.2, 0.25) is 5.88 Å². The van der Waals surface area contributed by atoms with Crippen molar-refractivity contribution < 1.29 is 9.94 Å². The van der Waals surface area contributed by atoms with Crippen molar-refractivity contribution in [2.24, 2.45) is 4.99 Å². The first-order valence-corrected chi connectivity index (χ1v) is 7.46. The van der Waals surface area contributed by atoms with Crippen molar-refractivity contribution in [1.82, 2.24) is 15.4 Å². The first-order valence-electron chi connectivity index (χ1n) is 7.46. The third-order valence-electron chi connectivity index (χ3n) is 3.29. The van der Waals surface area contributed by atoms with E-state index in [2.05, 4.69) is 35.6 Å². The van der Waals surface area contributed by atoms with Crippen molar-refractivity contribution >= 4 is 12.0 Å². The van der Waals surface area contributed by atoms with E-state index in [0.717, 1.165) is 32.5 Å². The molecule has 0 saturated carbocycles. The largest absolute Gasteiger partial charge is 0.475 e. The Balaban J connectivity index is 2.33. The second-order valence-electron chi connectivity index (χ2n) is 4.84. The van der Waals surface area contributed by atoms with E-state index in [0.29, 0.717) is 11.6 Å². The van der Waals surface area contributed by atoms with Crippen molar-refractivity contribution in [3.05, 3.63) is 18.3 Å². The smallest absolute Gasteiger partial charge is 0.213 e. The number of rotatable bonds is 10. The molecule has 6 nitrogen and oxygen atoms in total. The second kappa shape index (κ2) is 10.1. The molecule has 21 heavy (non-hydrogen) atoms. The van der Waals surface area contributed by atoms with Crippen molar-refractivity contribution in [2.75, 3.05) is 19.6 Å². The Morgan fingerprint density at radius 1 is 1.43 bits per heavy atom. The summed E-state index contributed by atoms with van der Waals surface area (Å²) in [6.45, 7) is 9.73. The van der Waals surface area contributed by atoms with Crippen LogP contribution >= 0.6 is 0 Å². The van der Waals surface area contributed by atoms with Gasteiger partial charge in [-0.1, -0.05) is 13.8 Å². The quantitative estimate of drug-likeness (QED) is 0.394. The summed E-state index contributed by atoms with van der Waals surface area (Å²) in [5.41, 5.74) is 2.50. The summed E-state index contributed by atoms with van der Waals surface area (Å²) in [5.74, 6) is 0.598. The first-order chi connectivity index (χ1) is 10.2. The molecular weight excluding hydrogens is 268 g/mol. The van der Waals surface area contributed by atoms with E-state index >= 15 is 0 Å². The molecule has 0 aliphatic heterocycles. The molecule has 0 aliphatic carbocycles. The summed E-state index contributed by atoms with van der Waals surface area (Å²) >= 11 is 0. The van der Waals surface area contributed by atoms with Gasteiger partial charge in [-0.25, -0.2) is 9.98 Å². The molecule has 0 bridgehead atoms. The lowest BCUT2D eigenvalue weighted by atomic mass is 10.2. The number of hydrogen-bond acceptors (Lipinski definition) is 5. The lowest BCUT2D eigenvalue weighted by Crippen LogP contribution is -2.25. The van der Waals surface area contributed by atoms with Crippen LogP contribution in [0.4, 0.5) is 5.69 Å². The third-order valence-corrected chi connectivity index (χ3v) is 3.29. The van der Waals surface area contributed by atoms with Crippen LogP contribution in [0.15, 0.2) is 23.3 Å². The van der Waals surface area contributed by atoms with Crippen molar-refractivity contribution in [1.29, 1.82) is 0 Å². The summed E-state index contributed by atoms with van der Waals surface area (Å²) in [4.78, 5) is 10.5. The maximum atomic E-state index is 8.41. The fourth-order valence-corrected chi connectivity index (χ4v) is 2.03. The van der Waals surface area contributed by atoms with E-state index in [1.165, 1.54) is 6.34 Å². The van der Waals surface area contributed by atoms with Gasteiger partial charge in [0.15, 0.2) is 0 Å². The van der Waals surface area contributed by atoms with Crippen molar-refractivity contribution in [3.8, 4) is 5.88 Å². The molecule has 1 atom stereocenters. The molecule has 0 saturated heterocycles. The highest BCUT2D eigenvalue weighted by molar-refractivity contribution is 5.59. The maximum absolute atomic E-state index is 8.41. The molecule has 0 aromatic carbocycles. The Labute approximate surface area is 126 Å². The van der Waals surface area contributed by atoms with Gasteiger partial charge >= 0.3 is 0 Å². The zero-order valence-electron chi connectivity index (χ0n) is 13.1. The molecule has 6 heteroatoms. The van der Waals surface area contributed by atoms with Gasteiger partial charge in [0.1, 0.15) is 6.34 Å². The Morgan fingerprint density at radius 2 is 2.19 bits per heavy atom. The Hall–Kier alpha value is -1.66. The number of aromatic nitrogens is 1. The summed E-state index contributed by atoms with van der Waals surface area (Å²) < 4.78 is 5.78. The molecule has 0 amide bonds. The van der Waals surface area contributed by atoms with E-state index in [1.807, 2.05) is 5.48 Å². The molecule has 1 rings (SSSR count). The third kappa shape index (κ3) is 7.06. The average Bonchev–Trinajstić information content (AvgIpc) is 2.51. The second-order valence-corrected chi connectivity index (χ2v) is 4.84. The van der Waals surface area contributed by atoms with Crippen LogP contribution in [0.3, 0.4) is 0 Å². The monoisotopic (exact) mass is 294 g/mol. The summed E-state index contributed by atoms with van der Waals surface area (Å²) in [6, 6.07) is 3.57. The molecule has 0 radical (unpaired) electrons. The van der Waals surface area contributed by atoms with Crippen LogP contribution in [0.5, 0.6) is 5.88 Å². The van der Waals surface area contributed by atoms with E-state index in [4.69, 9.17) is 9.94 Å². The molecule has 0 aliphatic rings. The summed E-state index contributed by atoms with van der Waals surface area (Å²) in [7, 11) is 0. The SMILES string of the molecule is CCN(CC)CCCC(C)Oc1ccc(N=CNO)cn1. The van der Waals surface area contributed by atoms with E-state index < -0.39 is 0 Å². The van der Waals surface area contributed by atoms with Crippen LogP contribution in [0.25, 0.3) is 0 Å². The minimum absolute atomic E-state index is 0.140. The van der Waals surface area contributed by atoms with Crippen LogP contribution in [-0.4, -0.2) is 47.2 Å². The van der Waals surface area contributed by atoms with E-state index in [-0.39, 0.29) is 6.10 Å². The number of nitrogens with one attached hydrogen (secondary N) is 1. The van der Waals surface area contributed by atoms with Crippen molar-refractivity contribution in [2.45, 2.75) is 39.7 Å². The lowest BCUT2D eigenvalue weighted by molar-refractivity contribution is 0.189. The number of hydrogen-bond donors (Lipinski definition) is 2. The van der Waals surface area contributed by atoms with Gasteiger partial charge in [-0.05, 0) is 45.5 Å². The van der Waals surface area contributed by atoms with Gasteiger partial charge in [-0.2, -0.15) is 0 Å². The van der Waals surface area contributed by atoms with Gasteiger partial charge in [0.05, 0.1) is 18.0 Å². The molecule has 1 aromatic heterocycles. The number of nitrogens with zero attached hydrogens (tertiary/aromatic N) is 3. The number of pyridine rings is 1. The predicted octanol–water partition coefficient (Wildman–Crippen LogP) is 2.61. The van der Waals surface area contributed by atoms with Crippen LogP contribution < -0.4 is 10.2 Å². The zero-order chi connectivity index (χ0) is 15.5. The van der Waals surface area contributed by atoms with Crippen molar-refractivity contribution in [3.63, 3.8) is 0 Å². The molecule has 1 aromatic rings. The molecule has 0 fully saturated rings. The predicted molar refractivity (Wildman–Crippen MR) is 84.4 cm³/mol. The average molecular weight is 294 g/mol. The first kappa shape index (κ1) is 17.4. The number of aliphatic imine (C=N–C) groups is 1. The Bertz CT molecular complexity index is 405. The molecule has 1 heterocycles. The highest BCUT2D eigenvalue weighted by Crippen LogP contribution is 2.16. The van der Waals surface area contributed by atoms with Gasteiger partial charge < -0.3 is 9.64 Å². The zero-order valence-corrected chi connectivity index (χ0v) is 13.1. The van der Waals surface area contributed by atoms with E-state index in [9.17, 15) is 0 Å². The molecule has 118 valence electrons. The minimum atomic E-state index is 0.140. The van der Waals surface area contributed by atoms with Gasteiger partial charge in [0.25, 0.3) is 0 Å². The van der Waals surface area contributed by atoms with Gasteiger partial charge in [-0.15, -0.1) is 0 Å². The van der Waals surface area contributed by atoms with Crippen LogP contribution in [0.2, 0.25) is 0 Å². The van der Waals surface area contributed by atoms with E-state index in [1.54, 1.807) is 18.3 Å². The topological polar surface area (TPSA) is 70.0 Å². The van der Waals surface area contributed by atoms with Crippen LogP contribution in [-0.2, 0) is 0 Å².